The minimum absolute atomic E-state index is 0.577. The Hall–Kier alpha value is -0.770. The van der Waals surface area contributed by atoms with Crippen molar-refractivity contribution in [2.75, 3.05) is 11.5 Å². The van der Waals surface area contributed by atoms with Crippen LogP contribution in [0.5, 0.6) is 0 Å². The maximum Gasteiger partial charge on any atom is 0.189 e. The van der Waals surface area contributed by atoms with Gasteiger partial charge in [-0.2, -0.15) is 0 Å². The Kier molecular flexibility index (Phi) is 2.91. The van der Waals surface area contributed by atoms with E-state index >= 15 is 0 Å². The van der Waals surface area contributed by atoms with Crippen LogP contribution in [0.4, 0.5) is 5.82 Å². The van der Waals surface area contributed by atoms with E-state index in [1.54, 1.807) is 17.8 Å². The molecular weight excluding hydrogens is 194 g/mol. The van der Waals surface area contributed by atoms with Gasteiger partial charge in [-0.15, -0.1) is 0 Å². The van der Waals surface area contributed by atoms with Crippen molar-refractivity contribution in [3.05, 3.63) is 11.8 Å². The monoisotopic (exact) mass is 209 g/mol. The molecule has 0 amide bonds. The molecule has 1 aromatic heterocycles. The van der Waals surface area contributed by atoms with Gasteiger partial charge in [0, 0.05) is 17.5 Å². The van der Waals surface area contributed by atoms with Crippen molar-refractivity contribution in [1.82, 2.24) is 9.97 Å². The fourth-order valence-corrected chi connectivity index (χ4v) is 2.58. The molecule has 1 fully saturated rings. The standard InChI is InChI=1S/C10H15N3S/c1-7-5-9(11)13-10(12-7)14-6-8-3-2-4-8/h5,8H,2-4,6H2,1H3,(H2,11,12,13). The summed E-state index contributed by atoms with van der Waals surface area (Å²) in [5.41, 5.74) is 6.60. The van der Waals surface area contributed by atoms with Crippen molar-refractivity contribution < 1.29 is 0 Å². The Morgan fingerprint density at radius 3 is 2.86 bits per heavy atom. The zero-order valence-corrected chi connectivity index (χ0v) is 9.18. The van der Waals surface area contributed by atoms with Crippen LogP contribution in [-0.4, -0.2) is 15.7 Å². The molecule has 1 saturated carbocycles. The van der Waals surface area contributed by atoms with Crippen LogP contribution in [0, 0.1) is 12.8 Å². The summed E-state index contributed by atoms with van der Waals surface area (Å²) in [4.78, 5) is 8.53. The van der Waals surface area contributed by atoms with Gasteiger partial charge in [0.2, 0.25) is 0 Å². The third kappa shape index (κ3) is 2.38. The van der Waals surface area contributed by atoms with Crippen molar-refractivity contribution in [2.45, 2.75) is 31.3 Å². The van der Waals surface area contributed by atoms with E-state index in [0.29, 0.717) is 5.82 Å². The van der Waals surface area contributed by atoms with Gasteiger partial charge in [-0.1, -0.05) is 18.2 Å². The zero-order valence-electron chi connectivity index (χ0n) is 8.36. The first kappa shape index (κ1) is 9.77. The van der Waals surface area contributed by atoms with Crippen molar-refractivity contribution in [3.8, 4) is 0 Å². The lowest BCUT2D eigenvalue weighted by molar-refractivity contribution is 0.353. The second-order valence-electron chi connectivity index (χ2n) is 3.82. The molecule has 0 unspecified atom stereocenters. The molecule has 1 heterocycles. The van der Waals surface area contributed by atoms with Gasteiger partial charge in [-0.05, 0) is 25.7 Å². The molecule has 1 aliphatic carbocycles. The van der Waals surface area contributed by atoms with E-state index in [-0.39, 0.29) is 0 Å². The molecule has 76 valence electrons. The molecule has 4 heteroatoms. The van der Waals surface area contributed by atoms with Crippen LogP contribution in [0.15, 0.2) is 11.2 Å². The molecule has 1 aliphatic rings. The Bertz CT molecular complexity index is 303. The Morgan fingerprint density at radius 1 is 1.50 bits per heavy atom. The molecule has 0 aromatic carbocycles. The summed E-state index contributed by atoms with van der Waals surface area (Å²) in [5.74, 6) is 2.60. The van der Waals surface area contributed by atoms with Gasteiger partial charge in [0.05, 0.1) is 0 Å². The van der Waals surface area contributed by atoms with Gasteiger partial charge >= 0.3 is 0 Å². The van der Waals surface area contributed by atoms with E-state index in [1.807, 2.05) is 6.92 Å². The lowest BCUT2D eigenvalue weighted by atomic mass is 9.87. The summed E-state index contributed by atoms with van der Waals surface area (Å²) in [5, 5.41) is 0.828. The highest BCUT2D eigenvalue weighted by atomic mass is 32.2. The predicted molar refractivity (Wildman–Crippen MR) is 59.2 cm³/mol. The summed E-state index contributed by atoms with van der Waals surface area (Å²) in [6.07, 6.45) is 4.13. The molecule has 14 heavy (non-hydrogen) atoms. The number of aryl methyl sites for hydroxylation is 1. The highest BCUT2D eigenvalue weighted by Crippen LogP contribution is 2.31. The quantitative estimate of drug-likeness (QED) is 0.613. The lowest BCUT2D eigenvalue weighted by Gasteiger charge is -2.24. The van der Waals surface area contributed by atoms with Crippen molar-refractivity contribution in [3.63, 3.8) is 0 Å². The van der Waals surface area contributed by atoms with Crippen LogP contribution >= 0.6 is 11.8 Å². The number of rotatable bonds is 3. The summed E-state index contributed by atoms with van der Waals surface area (Å²) >= 11 is 1.73. The largest absolute Gasteiger partial charge is 0.384 e. The summed E-state index contributed by atoms with van der Waals surface area (Å²) in [6.45, 7) is 1.95. The third-order valence-electron chi connectivity index (χ3n) is 2.53. The first-order chi connectivity index (χ1) is 6.74. The molecule has 2 rings (SSSR count). The van der Waals surface area contributed by atoms with Gasteiger partial charge in [-0.25, -0.2) is 9.97 Å². The molecule has 0 spiro atoms. The minimum Gasteiger partial charge on any atom is -0.384 e. The molecule has 0 aliphatic heterocycles. The van der Waals surface area contributed by atoms with Gasteiger partial charge in [0.15, 0.2) is 5.16 Å². The minimum atomic E-state index is 0.577. The number of nitrogens with zero attached hydrogens (tertiary/aromatic N) is 2. The highest BCUT2D eigenvalue weighted by molar-refractivity contribution is 7.99. The van der Waals surface area contributed by atoms with Crippen LogP contribution in [0.1, 0.15) is 25.0 Å². The van der Waals surface area contributed by atoms with Gasteiger partial charge < -0.3 is 5.73 Å². The Morgan fingerprint density at radius 2 is 2.29 bits per heavy atom. The van der Waals surface area contributed by atoms with Crippen LogP contribution in [0.25, 0.3) is 0 Å². The number of thioether (sulfide) groups is 1. The average Bonchev–Trinajstić information content (AvgIpc) is 1.99. The fourth-order valence-electron chi connectivity index (χ4n) is 1.48. The molecule has 0 saturated heterocycles. The molecule has 0 atom stereocenters. The average molecular weight is 209 g/mol. The van der Waals surface area contributed by atoms with E-state index in [0.717, 1.165) is 22.5 Å². The zero-order chi connectivity index (χ0) is 9.97. The van der Waals surface area contributed by atoms with Gasteiger partial charge in [0.1, 0.15) is 5.82 Å². The van der Waals surface area contributed by atoms with Crippen molar-refractivity contribution >= 4 is 17.6 Å². The molecule has 1 aromatic rings. The van der Waals surface area contributed by atoms with E-state index in [2.05, 4.69) is 9.97 Å². The SMILES string of the molecule is Cc1cc(N)nc(SCC2CCC2)n1. The fraction of sp³-hybridized carbons (Fsp3) is 0.600. The molecule has 0 radical (unpaired) electrons. The van der Waals surface area contributed by atoms with Crippen molar-refractivity contribution in [1.29, 1.82) is 0 Å². The predicted octanol–water partition coefficient (Wildman–Crippen LogP) is 2.26. The number of nitrogen functional groups attached to an aromatic ring is 1. The lowest BCUT2D eigenvalue weighted by Crippen LogP contribution is -2.13. The Labute approximate surface area is 88.5 Å². The smallest absolute Gasteiger partial charge is 0.189 e. The first-order valence-corrected chi connectivity index (χ1v) is 5.96. The summed E-state index contributed by atoms with van der Waals surface area (Å²) in [7, 11) is 0. The van der Waals surface area contributed by atoms with Gasteiger partial charge in [0.25, 0.3) is 0 Å². The van der Waals surface area contributed by atoms with Crippen LogP contribution < -0.4 is 5.73 Å². The Balaban J connectivity index is 1.94. The number of aromatic nitrogens is 2. The topological polar surface area (TPSA) is 51.8 Å². The van der Waals surface area contributed by atoms with E-state index in [1.165, 1.54) is 19.3 Å². The second kappa shape index (κ2) is 4.17. The number of anilines is 1. The first-order valence-electron chi connectivity index (χ1n) is 4.98. The maximum atomic E-state index is 5.65. The summed E-state index contributed by atoms with van der Waals surface area (Å²) < 4.78 is 0. The molecule has 0 bridgehead atoms. The normalized spacial score (nSPS) is 16.6. The third-order valence-corrected chi connectivity index (χ3v) is 3.61. The second-order valence-corrected chi connectivity index (χ2v) is 4.81. The van der Waals surface area contributed by atoms with Gasteiger partial charge in [-0.3, -0.25) is 0 Å². The van der Waals surface area contributed by atoms with Crippen LogP contribution in [0.3, 0.4) is 0 Å². The van der Waals surface area contributed by atoms with E-state index in [4.69, 9.17) is 5.73 Å². The molecular formula is C10H15N3S. The van der Waals surface area contributed by atoms with E-state index < -0.39 is 0 Å². The highest BCUT2D eigenvalue weighted by Gasteiger charge is 2.17. The van der Waals surface area contributed by atoms with Crippen LogP contribution in [0.2, 0.25) is 0 Å². The van der Waals surface area contributed by atoms with E-state index in [9.17, 15) is 0 Å². The summed E-state index contributed by atoms with van der Waals surface area (Å²) in [6, 6.07) is 1.80. The number of hydrogen-bond donors (Lipinski definition) is 1. The molecule has 3 nitrogen and oxygen atoms in total. The van der Waals surface area contributed by atoms with Crippen LogP contribution in [-0.2, 0) is 0 Å². The molecule has 2 N–H and O–H groups in total. The number of nitrogens with two attached hydrogens (primary N) is 1. The van der Waals surface area contributed by atoms with Crippen molar-refractivity contribution in [2.24, 2.45) is 5.92 Å². The number of hydrogen-bond acceptors (Lipinski definition) is 4. The maximum absolute atomic E-state index is 5.65.